The van der Waals surface area contributed by atoms with E-state index in [-0.39, 0.29) is 12.0 Å². The van der Waals surface area contributed by atoms with Crippen molar-refractivity contribution in [2.75, 3.05) is 51.9 Å². The van der Waals surface area contributed by atoms with E-state index in [0.717, 1.165) is 43.4 Å². The number of hydrogen-bond donors (Lipinski definition) is 1. The first kappa shape index (κ1) is 25.8. The largest absolute Gasteiger partial charge is 0.493 e. The quantitative estimate of drug-likeness (QED) is 0.479. The van der Waals surface area contributed by atoms with Crippen LogP contribution >= 0.6 is 11.6 Å². The molecule has 2 unspecified atom stereocenters. The molecule has 2 aromatic carbocycles. The molecule has 0 bridgehead atoms. The van der Waals surface area contributed by atoms with Gasteiger partial charge < -0.3 is 19.3 Å². The zero-order valence-electron chi connectivity index (χ0n) is 20.4. The molecule has 1 heterocycles. The van der Waals surface area contributed by atoms with Crippen molar-refractivity contribution >= 4 is 11.6 Å². The fourth-order valence-corrected chi connectivity index (χ4v) is 4.03. The number of aliphatic hydroxyl groups is 1. The summed E-state index contributed by atoms with van der Waals surface area (Å²) in [7, 11) is 0. The average molecular weight is 476 g/mol. The van der Waals surface area contributed by atoms with E-state index in [4.69, 9.17) is 25.8 Å². The van der Waals surface area contributed by atoms with Crippen LogP contribution in [0.2, 0.25) is 0 Å². The van der Waals surface area contributed by atoms with Gasteiger partial charge in [-0.2, -0.15) is 0 Å². The van der Waals surface area contributed by atoms with Gasteiger partial charge in [-0.3, -0.25) is 4.90 Å². The molecule has 1 aliphatic rings. The molecule has 1 saturated heterocycles. The zero-order chi connectivity index (χ0) is 23.8. The molecule has 0 saturated carbocycles. The van der Waals surface area contributed by atoms with Gasteiger partial charge in [-0.25, -0.2) is 0 Å². The van der Waals surface area contributed by atoms with Crippen LogP contribution in [0, 0.1) is 12.8 Å². The molecule has 6 heteroatoms. The van der Waals surface area contributed by atoms with Crippen molar-refractivity contribution in [1.29, 1.82) is 0 Å². The SMILES string of the molecule is Cc1cc(C(C)(C)c2ccc(OCC(O)CN3CCOCC3)cc2)ccc1OCC(C)CCl. The molecule has 0 amide bonds. The van der Waals surface area contributed by atoms with Crippen molar-refractivity contribution in [2.45, 2.75) is 39.2 Å². The Morgan fingerprint density at radius 2 is 1.70 bits per heavy atom. The lowest BCUT2D eigenvalue weighted by atomic mass is 9.77. The van der Waals surface area contributed by atoms with E-state index in [9.17, 15) is 5.11 Å². The number of ether oxygens (including phenoxy) is 3. The van der Waals surface area contributed by atoms with Crippen LogP contribution < -0.4 is 9.47 Å². The number of hydrogen-bond acceptors (Lipinski definition) is 5. The third-order valence-corrected chi connectivity index (χ3v) is 6.80. The highest BCUT2D eigenvalue weighted by Crippen LogP contribution is 2.34. The zero-order valence-corrected chi connectivity index (χ0v) is 21.1. The van der Waals surface area contributed by atoms with Gasteiger partial charge in [0.15, 0.2) is 0 Å². The van der Waals surface area contributed by atoms with Crippen LogP contribution in [0.5, 0.6) is 11.5 Å². The van der Waals surface area contributed by atoms with E-state index in [1.54, 1.807) is 0 Å². The van der Waals surface area contributed by atoms with Gasteiger partial charge in [-0.15, -0.1) is 11.6 Å². The second-order valence-electron chi connectivity index (χ2n) is 9.58. The molecule has 0 radical (unpaired) electrons. The molecule has 2 atom stereocenters. The summed E-state index contributed by atoms with van der Waals surface area (Å²) in [5, 5.41) is 10.3. The van der Waals surface area contributed by atoms with Crippen LogP contribution in [0.4, 0.5) is 0 Å². The molecule has 1 N–H and O–H groups in total. The summed E-state index contributed by atoms with van der Waals surface area (Å²) >= 11 is 5.89. The molecule has 2 aromatic rings. The van der Waals surface area contributed by atoms with E-state index >= 15 is 0 Å². The second-order valence-corrected chi connectivity index (χ2v) is 9.89. The molecule has 1 fully saturated rings. The first-order valence-corrected chi connectivity index (χ1v) is 12.3. The number of rotatable bonds is 11. The Morgan fingerprint density at radius 1 is 1.03 bits per heavy atom. The summed E-state index contributed by atoms with van der Waals surface area (Å²) in [6.07, 6.45) is -0.518. The minimum atomic E-state index is -0.518. The Hall–Kier alpha value is -1.79. The standard InChI is InChI=1S/C27H38ClNO4/c1-20(16-28)18-33-26-10-7-23(15-21(26)2)27(3,4)22-5-8-25(9-6-22)32-19-24(30)17-29-11-13-31-14-12-29/h5-10,15,20,24,30H,11-14,16-19H2,1-4H3. The van der Waals surface area contributed by atoms with Crippen molar-refractivity contribution in [3.8, 4) is 11.5 Å². The van der Waals surface area contributed by atoms with Gasteiger partial charge in [0.05, 0.1) is 19.8 Å². The predicted octanol–water partition coefficient (Wildman–Crippen LogP) is 4.65. The molecule has 3 rings (SSSR count). The highest BCUT2D eigenvalue weighted by atomic mass is 35.5. The number of nitrogens with zero attached hydrogens (tertiary/aromatic N) is 1. The van der Waals surface area contributed by atoms with Crippen molar-refractivity contribution < 1.29 is 19.3 Å². The Kier molecular flexibility index (Phi) is 9.45. The number of benzene rings is 2. The number of halogens is 1. The maximum absolute atomic E-state index is 10.3. The van der Waals surface area contributed by atoms with Crippen molar-refractivity contribution in [2.24, 2.45) is 5.92 Å². The smallest absolute Gasteiger partial charge is 0.122 e. The summed E-state index contributed by atoms with van der Waals surface area (Å²) in [6.45, 7) is 13.3. The maximum Gasteiger partial charge on any atom is 0.122 e. The minimum Gasteiger partial charge on any atom is -0.493 e. The molecular formula is C27H38ClNO4. The molecular weight excluding hydrogens is 438 g/mol. The lowest BCUT2D eigenvalue weighted by molar-refractivity contribution is 0.00465. The van der Waals surface area contributed by atoms with E-state index in [0.29, 0.717) is 24.9 Å². The normalized spacial score (nSPS) is 16.9. The van der Waals surface area contributed by atoms with Gasteiger partial charge in [0.1, 0.15) is 24.2 Å². The van der Waals surface area contributed by atoms with Gasteiger partial charge in [-0.1, -0.05) is 45.0 Å². The van der Waals surface area contributed by atoms with Gasteiger partial charge in [0.25, 0.3) is 0 Å². The summed E-state index contributed by atoms with van der Waals surface area (Å²) in [5.74, 6) is 2.59. The van der Waals surface area contributed by atoms with E-state index < -0.39 is 6.10 Å². The number of alkyl halides is 1. The van der Waals surface area contributed by atoms with Gasteiger partial charge in [0.2, 0.25) is 0 Å². The Labute approximate surface area is 203 Å². The number of aliphatic hydroxyl groups excluding tert-OH is 1. The van der Waals surface area contributed by atoms with Crippen molar-refractivity contribution in [1.82, 2.24) is 4.90 Å². The molecule has 0 aromatic heterocycles. The number of aryl methyl sites for hydroxylation is 1. The summed E-state index contributed by atoms with van der Waals surface area (Å²) in [6, 6.07) is 14.6. The van der Waals surface area contributed by atoms with E-state index in [1.807, 2.05) is 12.1 Å². The molecule has 0 spiro atoms. The third-order valence-electron chi connectivity index (χ3n) is 6.27. The van der Waals surface area contributed by atoms with Gasteiger partial charge in [-0.05, 0) is 41.8 Å². The van der Waals surface area contributed by atoms with Crippen LogP contribution in [0.25, 0.3) is 0 Å². The summed E-state index contributed by atoms with van der Waals surface area (Å²) in [5.41, 5.74) is 3.39. The van der Waals surface area contributed by atoms with E-state index in [1.165, 1.54) is 11.1 Å². The van der Waals surface area contributed by atoms with Crippen LogP contribution in [-0.4, -0.2) is 68.1 Å². The predicted molar refractivity (Wildman–Crippen MR) is 134 cm³/mol. The molecule has 33 heavy (non-hydrogen) atoms. The highest BCUT2D eigenvalue weighted by Gasteiger charge is 2.24. The summed E-state index contributed by atoms with van der Waals surface area (Å²) < 4.78 is 17.1. The molecule has 5 nitrogen and oxygen atoms in total. The fraction of sp³-hybridized carbons (Fsp3) is 0.556. The number of β-amino-alcohol motifs (C(OH)–C–C–N with tert-alkyl or cyclic N) is 1. The average Bonchev–Trinajstić information content (AvgIpc) is 2.82. The first-order chi connectivity index (χ1) is 15.8. The van der Waals surface area contributed by atoms with Crippen LogP contribution in [0.3, 0.4) is 0 Å². The molecule has 0 aliphatic carbocycles. The second kappa shape index (κ2) is 12.1. The highest BCUT2D eigenvalue weighted by molar-refractivity contribution is 6.18. The van der Waals surface area contributed by atoms with Crippen molar-refractivity contribution in [3.05, 3.63) is 59.2 Å². The van der Waals surface area contributed by atoms with Crippen LogP contribution in [0.1, 0.15) is 37.5 Å². The van der Waals surface area contributed by atoms with Crippen LogP contribution in [0.15, 0.2) is 42.5 Å². The van der Waals surface area contributed by atoms with E-state index in [2.05, 4.69) is 62.9 Å². The van der Waals surface area contributed by atoms with Crippen LogP contribution in [-0.2, 0) is 10.2 Å². The first-order valence-electron chi connectivity index (χ1n) is 11.8. The van der Waals surface area contributed by atoms with Gasteiger partial charge >= 0.3 is 0 Å². The lowest BCUT2D eigenvalue weighted by Gasteiger charge is -2.28. The van der Waals surface area contributed by atoms with Crippen molar-refractivity contribution in [3.63, 3.8) is 0 Å². The maximum atomic E-state index is 10.3. The topological polar surface area (TPSA) is 51.2 Å². The Morgan fingerprint density at radius 3 is 2.33 bits per heavy atom. The van der Waals surface area contributed by atoms with Gasteiger partial charge in [0, 0.05) is 36.8 Å². The number of morpholine rings is 1. The molecule has 182 valence electrons. The minimum absolute atomic E-state index is 0.166. The molecule has 1 aliphatic heterocycles. The monoisotopic (exact) mass is 475 g/mol. The summed E-state index contributed by atoms with van der Waals surface area (Å²) in [4.78, 5) is 2.21. The third kappa shape index (κ3) is 7.35. The Bertz CT molecular complexity index is 865. The lowest BCUT2D eigenvalue weighted by Crippen LogP contribution is -2.42. The Balaban J connectivity index is 1.57. The fourth-order valence-electron chi connectivity index (χ4n) is 3.94.